The van der Waals surface area contributed by atoms with Gasteiger partial charge in [0, 0.05) is 31.5 Å². The molecule has 30 heavy (non-hydrogen) atoms. The van der Waals surface area contributed by atoms with Crippen molar-refractivity contribution in [3.8, 4) is 5.69 Å². The molecule has 0 fully saturated rings. The lowest BCUT2D eigenvalue weighted by molar-refractivity contribution is 0.0701. The number of hydrogen-bond donors (Lipinski definition) is 1. The number of amides is 2. The summed E-state index contributed by atoms with van der Waals surface area (Å²) in [7, 11) is 0. The molecule has 154 valence electrons. The van der Waals surface area contributed by atoms with E-state index in [4.69, 9.17) is 4.42 Å². The van der Waals surface area contributed by atoms with Crippen molar-refractivity contribution in [1.82, 2.24) is 14.8 Å². The number of carbonyl (C=O) groups is 2. The van der Waals surface area contributed by atoms with E-state index >= 15 is 0 Å². The highest BCUT2D eigenvalue weighted by atomic mass is 19.1. The van der Waals surface area contributed by atoms with Crippen LogP contribution in [-0.4, -0.2) is 34.4 Å². The lowest BCUT2D eigenvalue weighted by atomic mass is 9.95. The van der Waals surface area contributed by atoms with Crippen LogP contribution in [0.1, 0.15) is 39.0 Å². The smallest absolute Gasteiger partial charge is 0.289 e. The highest BCUT2D eigenvalue weighted by Gasteiger charge is 2.29. The Hall–Kier alpha value is -3.68. The Bertz CT molecular complexity index is 1150. The molecule has 0 spiro atoms. The minimum atomic E-state index is -0.475. The monoisotopic (exact) mass is 409 g/mol. The molecule has 1 aliphatic rings. The van der Waals surface area contributed by atoms with Crippen LogP contribution in [0.3, 0.4) is 0 Å². The Kier molecular flexibility index (Phi) is 5.22. The molecule has 0 atom stereocenters. The lowest BCUT2D eigenvalue weighted by Crippen LogP contribution is -2.41. The molecule has 7 nitrogen and oxygen atoms in total. The van der Waals surface area contributed by atoms with E-state index in [-0.39, 0.29) is 23.8 Å². The zero-order valence-corrected chi connectivity index (χ0v) is 16.4. The van der Waals surface area contributed by atoms with E-state index in [9.17, 15) is 18.8 Å². The maximum atomic E-state index is 13.4. The maximum absolute atomic E-state index is 13.4. The molecular weight excluding hydrogens is 389 g/mol. The van der Waals surface area contributed by atoms with Crippen molar-refractivity contribution in [2.45, 2.75) is 19.9 Å². The molecule has 8 heteroatoms. The zero-order valence-electron chi connectivity index (χ0n) is 16.4. The Morgan fingerprint density at radius 1 is 1.20 bits per heavy atom. The third kappa shape index (κ3) is 3.52. The number of carbonyl (C=O) groups excluding carboxylic acids is 2. The number of halogens is 1. The fourth-order valence-corrected chi connectivity index (χ4v) is 3.66. The summed E-state index contributed by atoms with van der Waals surface area (Å²) < 4.78 is 19.9. The van der Waals surface area contributed by atoms with E-state index in [0.29, 0.717) is 36.3 Å². The van der Waals surface area contributed by atoms with Gasteiger partial charge in [0.15, 0.2) is 5.76 Å². The van der Waals surface area contributed by atoms with Crippen LogP contribution >= 0.6 is 0 Å². The van der Waals surface area contributed by atoms with Crippen LogP contribution < -0.4 is 10.9 Å². The normalized spacial score (nSPS) is 13.1. The fraction of sp³-hybridized carbons (Fsp3) is 0.227. The Morgan fingerprint density at radius 3 is 2.63 bits per heavy atom. The van der Waals surface area contributed by atoms with E-state index < -0.39 is 17.3 Å². The number of rotatable bonds is 4. The molecule has 2 amide bonds. The van der Waals surface area contributed by atoms with E-state index in [2.05, 4.69) is 5.32 Å². The summed E-state index contributed by atoms with van der Waals surface area (Å²) in [6.45, 7) is 2.73. The van der Waals surface area contributed by atoms with E-state index in [1.165, 1.54) is 35.1 Å². The van der Waals surface area contributed by atoms with Crippen molar-refractivity contribution in [1.29, 1.82) is 0 Å². The van der Waals surface area contributed by atoms with Crippen LogP contribution in [0, 0.1) is 5.82 Å². The molecule has 0 saturated heterocycles. The van der Waals surface area contributed by atoms with E-state index in [0.717, 1.165) is 0 Å². The summed E-state index contributed by atoms with van der Waals surface area (Å²) >= 11 is 0. The number of benzene rings is 1. The van der Waals surface area contributed by atoms with Gasteiger partial charge in [-0.3, -0.25) is 19.0 Å². The minimum absolute atomic E-state index is 0.0590. The summed E-state index contributed by atoms with van der Waals surface area (Å²) in [5.41, 5.74) is 1.34. The second kappa shape index (κ2) is 7.98. The molecule has 1 aromatic carbocycles. The van der Waals surface area contributed by atoms with Crippen LogP contribution in [-0.2, 0) is 13.0 Å². The van der Waals surface area contributed by atoms with Crippen molar-refractivity contribution in [3.63, 3.8) is 0 Å². The van der Waals surface area contributed by atoms with Crippen molar-refractivity contribution in [2.24, 2.45) is 0 Å². The van der Waals surface area contributed by atoms with Gasteiger partial charge in [0.1, 0.15) is 11.4 Å². The van der Waals surface area contributed by atoms with Crippen LogP contribution in [0.25, 0.3) is 5.69 Å². The maximum Gasteiger partial charge on any atom is 0.289 e. The number of hydrogen-bond acceptors (Lipinski definition) is 4. The molecular formula is C22H20FN3O4. The summed E-state index contributed by atoms with van der Waals surface area (Å²) in [6, 6.07) is 8.68. The van der Waals surface area contributed by atoms with Gasteiger partial charge >= 0.3 is 0 Å². The van der Waals surface area contributed by atoms with Gasteiger partial charge in [-0.15, -0.1) is 0 Å². The number of aromatic nitrogens is 1. The molecule has 0 bridgehead atoms. The van der Waals surface area contributed by atoms with Gasteiger partial charge in [-0.25, -0.2) is 4.39 Å². The number of pyridine rings is 1. The number of fused-ring (bicyclic) bond motifs is 1. The first-order valence-corrected chi connectivity index (χ1v) is 9.64. The summed E-state index contributed by atoms with van der Waals surface area (Å²) in [5, 5.41) is 2.69. The third-order valence-electron chi connectivity index (χ3n) is 5.09. The van der Waals surface area contributed by atoms with Crippen LogP contribution in [0.2, 0.25) is 0 Å². The molecule has 3 heterocycles. The van der Waals surface area contributed by atoms with Gasteiger partial charge in [-0.05, 0) is 60.9 Å². The number of furan rings is 1. The Morgan fingerprint density at radius 2 is 1.97 bits per heavy atom. The molecule has 1 aliphatic heterocycles. The van der Waals surface area contributed by atoms with Crippen LogP contribution in [0.4, 0.5) is 4.39 Å². The van der Waals surface area contributed by atoms with Gasteiger partial charge in [0.25, 0.3) is 17.4 Å². The van der Waals surface area contributed by atoms with Crippen molar-refractivity contribution >= 4 is 11.8 Å². The van der Waals surface area contributed by atoms with Crippen molar-refractivity contribution in [3.05, 3.63) is 87.5 Å². The van der Waals surface area contributed by atoms with E-state index in [1.807, 2.05) is 0 Å². The van der Waals surface area contributed by atoms with Crippen molar-refractivity contribution in [2.75, 3.05) is 13.1 Å². The van der Waals surface area contributed by atoms with Gasteiger partial charge < -0.3 is 14.6 Å². The van der Waals surface area contributed by atoms with Crippen LogP contribution in [0.5, 0.6) is 0 Å². The van der Waals surface area contributed by atoms with E-state index in [1.54, 1.807) is 30.2 Å². The van der Waals surface area contributed by atoms with Gasteiger partial charge in [-0.1, -0.05) is 0 Å². The molecule has 0 saturated carbocycles. The summed E-state index contributed by atoms with van der Waals surface area (Å²) in [5.74, 6) is -0.913. The summed E-state index contributed by atoms with van der Waals surface area (Å²) in [4.78, 5) is 40.2. The average Bonchev–Trinajstić information content (AvgIpc) is 3.28. The molecule has 0 radical (unpaired) electrons. The predicted octanol–water partition coefficient (Wildman–Crippen LogP) is 2.52. The van der Waals surface area contributed by atoms with Gasteiger partial charge in [-0.2, -0.15) is 0 Å². The average molecular weight is 409 g/mol. The molecule has 0 unspecified atom stereocenters. The molecule has 1 N–H and O–H groups in total. The molecule has 2 aromatic heterocycles. The Labute approximate surface area is 171 Å². The first-order valence-electron chi connectivity index (χ1n) is 9.64. The second-order valence-electron chi connectivity index (χ2n) is 6.97. The largest absolute Gasteiger partial charge is 0.459 e. The highest BCUT2D eigenvalue weighted by molar-refractivity contribution is 5.96. The molecule has 0 aliphatic carbocycles. The first-order chi connectivity index (χ1) is 14.5. The Balaban J connectivity index is 1.81. The van der Waals surface area contributed by atoms with Gasteiger partial charge in [0.2, 0.25) is 0 Å². The zero-order chi connectivity index (χ0) is 21.3. The first kappa shape index (κ1) is 19.6. The number of nitrogens with one attached hydrogen (secondary N) is 1. The molecule has 3 aromatic rings. The van der Waals surface area contributed by atoms with Crippen molar-refractivity contribution < 1.29 is 18.4 Å². The highest BCUT2D eigenvalue weighted by Crippen LogP contribution is 2.23. The fourth-order valence-electron chi connectivity index (χ4n) is 3.66. The minimum Gasteiger partial charge on any atom is -0.459 e. The van der Waals surface area contributed by atoms with Crippen LogP contribution in [0.15, 0.2) is 58.1 Å². The predicted molar refractivity (Wildman–Crippen MR) is 107 cm³/mol. The van der Waals surface area contributed by atoms with Gasteiger partial charge in [0.05, 0.1) is 6.26 Å². The SMILES string of the molecule is CCNC(=O)c1c2c(cn(-c3ccc(F)cc3)c1=O)CN(C(=O)c1ccco1)CC2. The molecule has 4 rings (SSSR count). The second-order valence-corrected chi connectivity index (χ2v) is 6.97. The quantitative estimate of drug-likeness (QED) is 0.718. The standard InChI is InChI=1S/C22H20FN3O4/c1-2-24-20(27)19-17-9-10-25(21(28)18-4-3-11-30-18)12-14(17)13-26(22(19)29)16-7-5-15(23)6-8-16/h3-8,11,13H,2,9-10,12H2,1H3,(H,24,27). The third-order valence-corrected chi connectivity index (χ3v) is 5.09. The summed E-state index contributed by atoms with van der Waals surface area (Å²) in [6.07, 6.45) is 3.42. The topological polar surface area (TPSA) is 84.5 Å². The number of nitrogens with zero attached hydrogens (tertiary/aromatic N) is 2. The lowest BCUT2D eigenvalue weighted by Gasteiger charge is -2.30.